The van der Waals surface area contributed by atoms with E-state index >= 15 is 0 Å². The molecule has 0 bridgehead atoms. The molecule has 1 aromatic rings. The third-order valence-corrected chi connectivity index (χ3v) is 6.96. The molecule has 0 aliphatic heterocycles. The maximum Gasteiger partial charge on any atom is 0.250 e. The molecule has 2 N–H and O–H groups in total. The van der Waals surface area contributed by atoms with Crippen molar-refractivity contribution < 1.29 is 8.42 Å². The Morgan fingerprint density at radius 2 is 2.10 bits per heavy atom. The highest BCUT2D eigenvalue weighted by Crippen LogP contribution is 2.36. The topological polar surface area (TPSA) is 58.2 Å². The first-order chi connectivity index (χ1) is 10.0. The fraction of sp³-hybridized carbons (Fsp3) is 0.733. The maximum atomic E-state index is 12.3. The Morgan fingerprint density at radius 3 is 2.76 bits per heavy atom. The van der Waals surface area contributed by atoms with Crippen LogP contribution < -0.4 is 10.0 Å². The number of hydrogen-bond acceptors (Lipinski definition) is 4. The molecule has 1 aliphatic carbocycles. The summed E-state index contributed by atoms with van der Waals surface area (Å²) in [6.07, 6.45) is 4.50. The van der Waals surface area contributed by atoms with Crippen LogP contribution in [0.25, 0.3) is 0 Å². The molecule has 0 saturated heterocycles. The van der Waals surface area contributed by atoms with Gasteiger partial charge in [0.2, 0.25) is 10.0 Å². The molecular formula is C15H26N2O2S2. The maximum absolute atomic E-state index is 12.3. The average Bonchev–Trinajstić information content (AvgIpc) is 3.20. The van der Waals surface area contributed by atoms with Crippen molar-refractivity contribution in [3.63, 3.8) is 0 Å². The molecule has 2 rings (SSSR count). The van der Waals surface area contributed by atoms with Gasteiger partial charge in [0.05, 0.1) is 0 Å². The van der Waals surface area contributed by atoms with Gasteiger partial charge in [0.15, 0.2) is 0 Å². The van der Waals surface area contributed by atoms with Crippen molar-refractivity contribution in [3.8, 4) is 0 Å². The largest absolute Gasteiger partial charge is 0.316 e. The monoisotopic (exact) mass is 330 g/mol. The van der Waals surface area contributed by atoms with E-state index in [0.29, 0.717) is 16.7 Å². The highest BCUT2D eigenvalue weighted by Gasteiger charge is 2.29. The summed E-state index contributed by atoms with van der Waals surface area (Å²) in [5.41, 5.74) is 0. The summed E-state index contributed by atoms with van der Waals surface area (Å²) in [6, 6.07) is 3.65. The van der Waals surface area contributed by atoms with Crippen molar-refractivity contribution in [2.75, 3.05) is 19.6 Å². The minimum Gasteiger partial charge on any atom is -0.316 e. The minimum atomic E-state index is -3.33. The molecule has 120 valence electrons. The SMILES string of the molecule is CCCNCCc1ccc(S(=O)(=O)NCC(C)C2CC2)s1. The molecule has 1 unspecified atom stereocenters. The van der Waals surface area contributed by atoms with Crippen molar-refractivity contribution >= 4 is 21.4 Å². The van der Waals surface area contributed by atoms with Gasteiger partial charge < -0.3 is 5.32 Å². The van der Waals surface area contributed by atoms with Gasteiger partial charge in [-0.2, -0.15) is 0 Å². The Kier molecular flexibility index (Phi) is 6.22. The van der Waals surface area contributed by atoms with Crippen molar-refractivity contribution in [1.82, 2.24) is 10.0 Å². The summed E-state index contributed by atoms with van der Waals surface area (Å²) < 4.78 is 27.7. The molecule has 0 spiro atoms. The number of thiophene rings is 1. The lowest BCUT2D eigenvalue weighted by Gasteiger charge is -2.10. The van der Waals surface area contributed by atoms with Crippen LogP contribution >= 0.6 is 11.3 Å². The van der Waals surface area contributed by atoms with E-state index in [1.54, 1.807) is 6.07 Å². The molecule has 0 amide bonds. The van der Waals surface area contributed by atoms with Gasteiger partial charge >= 0.3 is 0 Å². The quantitative estimate of drug-likeness (QED) is 0.648. The summed E-state index contributed by atoms with van der Waals surface area (Å²) in [6.45, 7) is 6.73. The Bertz CT molecular complexity index is 536. The van der Waals surface area contributed by atoms with Crippen molar-refractivity contribution in [2.24, 2.45) is 11.8 Å². The van der Waals surface area contributed by atoms with E-state index in [-0.39, 0.29) is 0 Å². The molecule has 21 heavy (non-hydrogen) atoms. The van der Waals surface area contributed by atoms with Crippen molar-refractivity contribution in [2.45, 2.75) is 43.7 Å². The molecule has 4 nitrogen and oxygen atoms in total. The number of rotatable bonds is 10. The minimum absolute atomic E-state index is 0.441. The highest BCUT2D eigenvalue weighted by atomic mass is 32.2. The first-order valence-electron chi connectivity index (χ1n) is 7.82. The molecule has 1 fully saturated rings. The summed E-state index contributed by atoms with van der Waals surface area (Å²) in [7, 11) is -3.33. The van der Waals surface area contributed by atoms with E-state index < -0.39 is 10.0 Å². The van der Waals surface area contributed by atoms with Gasteiger partial charge in [-0.3, -0.25) is 0 Å². The molecule has 1 aliphatic rings. The number of hydrogen-bond donors (Lipinski definition) is 2. The fourth-order valence-corrected chi connectivity index (χ4v) is 4.84. The lowest BCUT2D eigenvalue weighted by molar-refractivity contribution is 0.492. The van der Waals surface area contributed by atoms with E-state index in [1.165, 1.54) is 24.2 Å². The second-order valence-corrected chi connectivity index (χ2v) is 9.05. The van der Waals surface area contributed by atoms with Crippen LogP contribution in [0.1, 0.15) is 38.0 Å². The van der Waals surface area contributed by atoms with Gasteiger partial charge in [-0.05, 0) is 62.7 Å². The normalized spacial score (nSPS) is 17.0. The summed E-state index contributed by atoms with van der Waals surface area (Å²) in [5, 5.41) is 3.33. The smallest absolute Gasteiger partial charge is 0.250 e. The highest BCUT2D eigenvalue weighted by molar-refractivity contribution is 7.91. The van der Waals surface area contributed by atoms with E-state index in [0.717, 1.165) is 36.7 Å². The molecule has 1 atom stereocenters. The van der Waals surface area contributed by atoms with Gasteiger partial charge in [0.25, 0.3) is 0 Å². The molecule has 0 aromatic carbocycles. The van der Waals surface area contributed by atoms with Crippen LogP contribution in [0.2, 0.25) is 0 Å². The lowest BCUT2D eigenvalue weighted by Crippen LogP contribution is -2.28. The van der Waals surface area contributed by atoms with Crippen LogP contribution in [0.3, 0.4) is 0 Å². The predicted octanol–water partition coefficient (Wildman–Crippen LogP) is 2.61. The molecule has 0 radical (unpaired) electrons. The Balaban J connectivity index is 1.83. The average molecular weight is 331 g/mol. The van der Waals surface area contributed by atoms with Crippen LogP contribution in [0.4, 0.5) is 0 Å². The van der Waals surface area contributed by atoms with Crippen molar-refractivity contribution in [1.29, 1.82) is 0 Å². The first kappa shape index (κ1) is 16.9. The molecule has 1 saturated carbocycles. The zero-order valence-corrected chi connectivity index (χ0v) is 14.5. The number of nitrogens with one attached hydrogen (secondary N) is 2. The first-order valence-corrected chi connectivity index (χ1v) is 10.1. The summed E-state index contributed by atoms with van der Waals surface area (Å²) >= 11 is 1.38. The lowest BCUT2D eigenvalue weighted by atomic mass is 10.1. The molecule has 1 heterocycles. The van der Waals surface area contributed by atoms with Crippen LogP contribution in [0, 0.1) is 11.8 Å². The Labute approximate surface area is 132 Å². The summed E-state index contributed by atoms with van der Waals surface area (Å²) in [5.74, 6) is 1.16. The van der Waals surface area contributed by atoms with Gasteiger partial charge in [-0.25, -0.2) is 13.1 Å². The fourth-order valence-electron chi connectivity index (χ4n) is 2.29. The van der Waals surface area contributed by atoms with Crippen LogP contribution in [-0.4, -0.2) is 28.1 Å². The Hall–Kier alpha value is -0.430. The van der Waals surface area contributed by atoms with E-state index in [2.05, 4.69) is 23.9 Å². The van der Waals surface area contributed by atoms with Gasteiger partial charge in [-0.15, -0.1) is 11.3 Å². The zero-order valence-electron chi connectivity index (χ0n) is 12.9. The van der Waals surface area contributed by atoms with Crippen LogP contribution in [0.15, 0.2) is 16.3 Å². The van der Waals surface area contributed by atoms with Gasteiger partial charge in [0, 0.05) is 11.4 Å². The van der Waals surface area contributed by atoms with Crippen LogP contribution in [0.5, 0.6) is 0 Å². The summed E-state index contributed by atoms with van der Waals surface area (Å²) in [4.78, 5) is 1.12. The van der Waals surface area contributed by atoms with Crippen molar-refractivity contribution in [3.05, 3.63) is 17.0 Å². The van der Waals surface area contributed by atoms with E-state index in [1.807, 2.05) is 6.07 Å². The van der Waals surface area contributed by atoms with Gasteiger partial charge in [-0.1, -0.05) is 13.8 Å². The Morgan fingerprint density at radius 1 is 1.33 bits per heavy atom. The standard InChI is InChI=1S/C15H26N2O2S2/c1-3-9-16-10-8-14-6-7-15(20-14)21(18,19)17-11-12(2)13-4-5-13/h6-7,12-13,16-17H,3-5,8-11H2,1-2H3. The molecular weight excluding hydrogens is 304 g/mol. The van der Waals surface area contributed by atoms with Crippen LogP contribution in [-0.2, 0) is 16.4 Å². The number of sulfonamides is 1. The van der Waals surface area contributed by atoms with E-state index in [4.69, 9.17) is 0 Å². The second kappa shape index (κ2) is 7.72. The zero-order chi connectivity index (χ0) is 15.3. The van der Waals surface area contributed by atoms with E-state index in [9.17, 15) is 8.42 Å². The second-order valence-electron chi connectivity index (χ2n) is 5.89. The predicted molar refractivity (Wildman–Crippen MR) is 88.3 cm³/mol. The third-order valence-electron chi connectivity index (χ3n) is 3.90. The third kappa shape index (κ3) is 5.36. The van der Waals surface area contributed by atoms with Gasteiger partial charge in [0.1, 0.15) is 4.21 Å². The molecule has 1 aromatic heterocycles. The molecule has 6 heteroatoms.